The monoisotopic (exact) mass is 169 g/mol. The number of nitrogens with one attached hydrogen (secondary N) is 1. The first-order valence-corrected chi connectivity index (χ1v) is 3.66. The van der Waals surface area contributed by atoms with Crippen molar-refractivity contribution in [1.82, 2.24) is 0 Å². The Balaban J connectivity index is 4.66. The summed E-state index contributed by atoms with van der Waals surface area (Å²) in [6.07, 6.45) is 0. The third-order valence-corrected chi connectivity index (χ3v) is 1.34. The Morgan fingerprint density at radius 2 is 1.92 bits per heavy atom. The van der Waals surface area contributed by atoms with E-state index in [2.05, 4.69) is 10.1 Å². The summed E-state index contributed by atoms with van der Waals surface area (Å²) >= 11 is 0. The van der Waals surface area contributed by atoms with Crippen LogP contribution >= 0.6 is 0 Å². The molecule has 0 aromatic heterocycles. The minimum atomic E-state index is -0.227. The van der Waals surface area contributed by atoms with Crippen LogP contribution in [0.25, 0.3) is 0 Å². The van der Waals surface area contributed by atoms with Crippen molar-refractivity contribution in [3.8, 4) is 0 Å². The van der Waals surface area contributed by atoms with Crippen LogP contribution in [0.4, 0.5) is 0 Å². The van der Waals surface area contributed by atoms with Crippen LogP contribution in [0.2, 0.25) is 0 Å². The van der Waals surface area contributed by atoms with Crippen LogP contribution in [0.3, 0.4) is 0 Å². The lowest BCUT2D eigenvalue weighted by atomic mass is 10.0. The topological polar surface area (TPSA) is 101 Å². The zero-order valence-electron chi connectivity index (χ0n) is 7.63. The minimum Gasteiger partial charge on any atom is -0.368 e. The van der Waals surface area contributed by atoms with Crippen LogP contribution in [0.15, 0.2) is 10.1 Å². The standard InChI is InChI=1S/C7H15N5/c1-4(2)6(12-10)5(3)11-7(8)9/h4H,10H2,1-3H3,(H3,8,9)/b11-5?,12-6-. The molecule has 0 amide bonds. The molecule has 5 N–H and O–H groups in total. The first-order chi connectivity index (χ1) is 5.49. The molecule has 0 saturated heterocycles. The molecule has 5 nitrogen and oxygen atoms in total. The summed E-state index contributed by atoms with van der Waals surface area (Å²) in [7, 11) is 0. The Hall–Kier alpha value is -1.39. The zero-order chi connectivity index (χ0) is 9.72. The van der Waals surface area contributed by atoms with E-state index in [1.165, 1.54) is 0 Å². The summed E-state index contributed by atoms with van der Waals surface area (Å²) in [5, 5.41) is 10.5. The molecule has 0 heterocycles. The Morgan fingerprint density at radius 3 is 2.17 bits per heavy atom. The number of hydrogen-bond donors (Lipinski definition) is 3. The molecule has 0 atom stereocenters. The molecule has 0 fully saturated rings. The van der Waals surface area contributed by atoms with E-state index in [1.54, 1.807) is 6.92 Å². The lowest BCUT2D eigenvalue weighted by Gasteiger charge is -2.06. The molecule has 0 spiro atoms. The highest BCUT2D eigenvalue weighted by molar-refractivity contribution is 6.43. The highest BCUT2D eigenvalue weighted by atomic mass is 15.1. The summed E-state index contributed by atoms with van der Waals surface area (Å²) in [6.45, 7) is 5.63. The number of aliphatic imine (C=N–C) groups is 1. The van der Waals surface area contributed by atoms with Gasteiger partial charge in [0.1, 0.15) is 0 Å². The molecule has 0 bridgehead atoms. The van der Waals surface area contributed by atoms with Gasteiger partial charge in [-0.25, -0.2) is 4.99 Å². The van der Waals surface area contributed by atoms with E-state index in [0.29, 0.717) is 11.4 Å². The van der Waals surface area contributed by atoms with E-state index in [-0.39, 0.29) is 11.9 Å². The van der Waals surface area contributed by atoms with Crippen LogP contribution in [-0.2, 0) is 0 Å². The van der Waals surface area contributed by atoms with Crippen LogP contribution in [0.1, 0.15) is 20.8 Å². The van der Waals surface area contributed by atoms with Gasteiger partial charge in [-0.05, 0) is 12.8 Å². The Labute approximate surface area is 72.1 Å². The number of rotatable bonds is 2. The number of nitrogens with zero attached hydrogens (tertiary/aromatic N) is 2. The quantitative estimate of drug-likeness (QED) is 0.240. The minimum absolute atomic E-state index is 0.193. The molecule has 0 radical (unpaired) electrons. The lowest BCUT2D eigenvalue weighted by Crippen LogP contribution is -2.22. The van der Waals surface area contributed by atoms with Crippen molar-refractivity contribution in [2.45, 2.75) is 20.8 Å². The Bertz CT molecular complexity index is 226. The van der Waals surface area contributed by atoms with Crippen molar-refractivity contribution in [2.24, 2.45) is 27.6 Å². The van der Waals surface area contributed by atoms with Gasteiger partial charge < -0.3 is 11.6 Å². The molecule has 0 aliphatic carbocycles. The number of hydrogen-bond acceptors (Lipinski definition) is 3. The van der Waals surface area contributed by atoms with E-state index in [1.807, 2.05) is 13.8 Å². The normalized spacial score (nSPS) is 13.7. The molecular weight excluding hydrogens is 154 g/mol. The van der Waals surface area contributed by atoms with Gasteiger partial charge in [0, 0.05) is 0 Å². The number of guanidine groups is 1. The predicted octanol–water partition coefficient (Wildman–Crippen LogP) is 0.311. The van der Waals surface area contributed by atoms with Crippen molar-refractivity contribution in [3.63, 3.8) is 0 Å². The fourth-order valence-corrected chi connectivity index (χ4v) is 0.898. The molecule has 0 aliphatic heterocycles. The number of nitrogens with two attached hydrogens (primary N) is 2. The molecule has 0 aliphatic rings. The fraction of sp³-hybridized carbons (Fsp3) is 0.571. The maximum atomic E-state index is 6.93. The van der Waals surface area contributed by atoms with Gasteiger partial charge in [-0.2, -0.15) is 5.10 Å². The predicted molar refractivity (Wildman–Crippen MR) is 51.5 cm³/mol. The van der Waals surface area contributed by atoms with Crippen LogP contribution < -0.4 is 11.6 Å². The molecule has 12 heavy (non-hydrogen) atoms. The first kappa shape index (κ1) is 10.6. The van der Waals surface area contributed by atoms with Crippen LogP contribution in [0.5, 0.6) is 0 Å². The molecule has 0 aromatic carbocycles. The van der Waals surface area contributed by atoms with Gasteiger partial charge in [-0.3, -0.25) is 5.41 Å². The van der Waals surface area contributed by atoms with E-state index in [9.17, 15) is 0 Å². The van der Waals surface area contributed by atoms with Crippen molar-refractivity contribution >= 4 is 17.4 Å². The van der Waals surface area contributed by atoms with Gasteiger partial charge in [0.25, 0.3) is 0 Å². The summed E-state index contributed by atoms with van der Waals surface area (Å²) in [6, 6.07) is 0. The molecule has 0 saturated carbocycles. The second-order valence-electron chi connectivity index (χ2n) is 2.75. The number of hydrazone groups is 1. The molecule has 68 valence electrons. The van der Waals surface area contributed by atoms with Gasteiger partial charge in [0.2, 0.25) is 5.96 Å². The summed E-state index contributed by atoms with van der Waals surface area (Å²) in [5.74, 6) is 5.11. The first-order valence-electron chi connectivity index (χ1n) is 3.66. The molecule has 5 heteroatoms. The maximum absolute atomic E-state index is 6.93. The second kappa shape index (κ2) is 4.48. The van der Waals surface area contributed by atoms with Gasteiger partial charge in [0.15, 0.2) is 0 Å². The zero-order valence-corrected chi connectivity index (χ0v) is 7.63. The summed E-state index contributed by atoms with van der Waals surface area (Å²) in [5.41, 5.74) is 6.35. The lowest BCUT2D eigenvalue weighted by molar-refractivity contribution is 0.885. The second-order valence-corrected chi connectivity index (χ2v) is 2.75. The smallest absolute Gasteiger partial charge is 0.212 e. The van der Waals surface area contributed by atoms with Crippen molar-refractivity contribution < 1.29 is 0 Å². The highest BCUT2D eigenvalue weighted by Gasteiger charge is 2.08. The fourth-order valence-electron chi connectivity index (χ4n) is 0.898. The Kier molecular flexibility index (Phi) is 3.96. The van der Waals surface area contributed by atoms with E-state index < -0.39 is 0 Å². The van der Waals surface area contributed by atoms with Crippen LogP contribution in [-0.4, -0.2) is 17.4 Å². The van der Waals surface area contributed by atoms with Crippen molar-refractivity contribution in [3.05, 3.63) is 0 Å². The van der Waals surface area contributed by atoms with Crippen LogP contribution in [0, 0.1) is 11.3 Å². The van der Waals surface area contributed by atoms with E-state index >= 15 is 0 Å². The van der Waals surface area contributed by atoms with Crippen molar-refractivity contribution in [1.29, 1.82) is 5.41 Å². The maximum Gasteiger partial charge on any atom is 0.212 e. The molecule has 0 aromatic rings. The third-order valence-electron chi connectivity index (χ3n) is 1.34. The van der Waals surface area contributed by atoms with Crippen molar-refractivity contribution in [2.75, 3.05) is 0 Å². The SMILES string of the molecule is CC(=NC(=N)N)/C(=N\N)C(C)C. The Morgan fingerprint density at radius 1 is 1.42 bits per heavy atom. The molecule has 0 rings (SSSR count). The van der Waals surface area contributed by atoms with Gasteiger partial charge in [-0.15, -0.1) is 0 Å². The average Bonchev–Trinajstić information content (AvgIpc) is 1.85. The third kappa shape index (κ3) is 3.14. The van der Waals surface area contributed by atoms with Gasteiger partial charge in [0.05, 0.1) is 11.4 Å². The van der Waals surface area contributed by atoms with E-state index in [0.717, 1.165) is 0 Å². The van der Waals surface area contributed by atoms with Gasteiger partial charge in [-0.1, -0.05) is 13.8 Å². The molecular formula is C7H15N5. The summed E-state index contributed by atoms with van der Waals surface area (Å²) < 4.78 is 0. The van der Waals surface area contributed by atoms with Gasteiger partial charge >= 0.3 is 0 Å². The molecule has 0 unspecified atom stereocenters. The summed E-state index contributed by atoms with van der Waals surface area (Å²) in [4.78, 5) is 3.74. The average molecular weight is 169 g/mol. The highest BCUT2D eigenvalue weighted by Crippen LogP contribution is 1.98. The largest absolute Gasteiger partial charge is 0.368 e. The van der Waals surface area contributed by atoms with E-state index in [4.69, 9.17) is 17.0 Å².